The molecule has 1 aromatic carbocycles. The third-order valence-corrected chi connectivity index (χ3v) is 3.83. The lowest BCUT2D eigenvalue weighted by Gasteiger charge is -2.35. The predicted octanol–water partition coefficient (Wildman–Crippen LogP) is 2.35. The van der Waals surface area contributed by atoms with Crippen LogP contribution in [0.1, 0.15) is 30.4 Å². The van der Waals surface area contributed by atoms with Crippen LogP contribution in [-0.2, 0) is 6.42 Å². The Bertz CT molecular complexity index is 331. The number of aryl methyl sites for hydroxylation is 1. The van der Waals surface area contributed by atoms with Gasteiger partial charge in [0.2, 0.25) is 0 Å². The molecule has 0 aliphatic carbocycles. The summed E-state index contributed by atoms with van der Waals surface area (Å²) in [6.45, 7) is 5.34. The van der Waals surface area contributed by atoms with E-state index in [-0.39, 0.29) is 0 Å². The normalized spacial score (nSPS) is 21.6. The van der Waals surface area contributed by atoms with Gasteiger partial charge < -0.3 is 5.73 Å². The van der Waals surface area contributed by atoms with Crippen molar-refractivity contribution >= 4 is 0 Å². The van der Waals surface area contributed by atoms with Crippen LogP contribution in [0.25, 0.3) is 0 Å². The van der Waals surface area contributed by atoms with Crippen LogP contribution in [-0.4, -0.2) is 30.6 Å². The summed E-state index contributed by atoms with van der Waals surface area (Å²) in [7, 11) is 0. The number of benzene rings is 1. The molecule has 1 heterocycles. The summed E-state index contributed by atoms with van der Waals surface area (Å²) in [5.41, 5.74) is 8.62. The fourth-order valence-electron chi connectivity index (χ4n) is 2.65. The van der Waals surface area contributed by atoms with Crippen molar-refractivity contribution in [1.82, 2.24) is 4.90 Å². The van der Waals surface area contributed by atoms with Gasteiger partial charge in [0.15, 0.2) is 0 Å². The van der Waals surface area contributed by atoms with Crippen LogP contribution in [0.4, 0.5) is 0 Å². The molecule has 0 aromatic heterocycles. The number of likely N-dealkylation sites (tertiary alicyclic amines) is 1. The monoisotopic (exact) mass is 232 g/mol. The van der Waals surface area contributed by atoms with Crippen molar-refractivity contribution in [2.75, 3.05) is 19.6 Å². The molecule has 2 rings (SSSR count). The molecule has 0 saturated carbocycles. The predicted molar refractivity (Wildman–Crippen MR) is 73.1 cm³/mol. The van der Waals surface area contributed by atoms with E-state index in [1.54, 1.807) is 0 Å². The van der Waals surface area contributed by atoms with Gasteiger partial charge in [-0.15, -0.1) is 0 Å². The zero-order valence-electron chi connectivity index (χ0n) is 10.9. The minimum absolute atomic E-state index is 0.620. The molecule has 2 heteroatoms. The van der Waals surface area contributed by atoms with Gasteiger partial charge in [0.25, 0.3) is 0 Å². The summed E-state index contributed by atoms with van der Waals surface area (Å²) >= 11 is 0. The van der Waals surface area contributed by atoms with Crippen LogP contribution in [0.3, 0.4) is 0 Å². The Morgan fingerprint density at radius 1 is 1.24 bits per heavy atom. The van der Waals surface area contributed by atoms with Crippen LogP contribution in [0.5, 0.6) is 0 Å². The molecule has 94 valence electrons. The zero-order valence-corrected chi connectivity index (χ0v) is 10.9. The minimum atomic E-state index is 0.620. The van der Waals surface area contributed by atoms with Gasteiger partial charge in [-0.1, -0.05) is 36.2 Å². The summed E-state index contributed by atoms with van der Waals surface area (Å²) < 4.78 is 0. The van der Waals surface area contributed by atoms with Crippen LogP contribution in [0, 0.1) is 6.92 Å². The molecule has 2 nitrogen and oxygen atoms in total. The Hall–Kier alpha value is -0.860. The zero-order chi connectivity index (χ0) is 12.1. The average Bonchev–Trinajstić information content (AvgIpc) is 2.38. The maximum Gasteiger partial charge on any atom is 0.0218 e. The van der Waals surface area contributed by atoms with Crippen molar-refractivity contribution in [1.29, 1.82) is 0 Å². The Morgan fingerprint density at radius 2 is 2.00 bits per heavy atom. The van der Waals surface area contributed by atoms with Gasteiger partial charge >= 0.3 is 0 Å². The first kappa shape index (κ1) is 12.6. The highest BCUT2D eigenvalue weighted by Gasteiger charge is 2.20. The molecular weight excluding hydrogens is 208 g/mol. The maximum absolute atomic E-state index is 5.84. The summed E-state index contributed by atoms with van der Waals surface area (Å²) in [5.74, 6) is 0. The smallest absolute Gasteiger partial charge is 0.0218 e. The molecule has 0 amide bonds. The summed E-state index contributed by atoms with van der Waals surface area (Å²) in [5, 5.41) is 0. The molecule has 1 saturated heterocycles. The van der Waals surface area contributed by atoms with Crippen molar-refractivity contribution in [2.24, 2.45) is 5.73 Å². The quantitative estimate of drug-likeness (QED) is 0.863. The largest absolute Gasteiger partial charge is 0.329 e. The van der Waals surface area contributed by atoms with E-state index in [1.165, 1.54) is 36.9 Å². The number of hydrogen-bond acceptors (Lipinski definition) is 2. The first-order valence-corrected chi connectivity index (χ1v) is 6.79. The van der Waals surface area contributed by atoms with Crippen molar-refractivity contribution in [3.05, 3.63) is 35.4 Å². The van der Waals surface area contributed by atoms with E-state index in [4.69, 9.17) is 5.73 Å². The van der Waals surface area contributed by atoms with Crippen LogP contribution < -0.4 is 5.73 Å². The van der Waals surface area contributed by atoms with Gasteiger partial charge in [-0.25, -0.2) is 0 Å². The minimum Gasteiger partial charge on any atom is -0.329 e. The van der Waals surface area contributed by atoms with Crippen LogP contribution in [0.2, 0.25) is 0 Å². The van der Waals surface area contributed by atoms with Crippen molar-refractivity contribution in [2.45, 2.75) is 38.6 Å². The van der Waals surface area contributed by atoms with Gasteiger partial charge in [-0.05, 0) is 38.3 Å². The Kier molecular flexibility index (Phi) is 4.57. The van der Waals surface area contributed by atoms with E-state index >= 15 is 0 Å². The summed E-state index contributed by atoms with van der Waals surface area (Å²) in [4.78, 5) is 2.57. The molecule has 0 radical (unpaired) electrons. The molecule has 0 spiro atoms. The number of nitrogens with zero attached hydrogens (tertiary/aromatic N) is 1. The van der Waals surface area contributed by atoms with E-state index in [0.29, 0.717) is 6.04 Å². The molecule has 1 aromatic rings. The lowest BCUT2D eigenvalue weighted by atomic mass is 10.0. The molecule has 2 N–H and O–H groups in total. The fraction of sp³-hybridized carbons (Fsp3) is 0.600. The van der Waals surface area contributed by atoms with Crippen molar-refractivity contribution in [3.63, 3.8) is 0 Å². The van der Waals surface area contributed by atoms with E-state index in [2.05, 4.69) is 36.1 Å². The van der Waals surface area contributed by atoms with Gasteiger partial charge in [-0.3, -0.25) is 4.90 Å². The molecule has 17 heavy (non-hydrogen) atoms. The molecule has 0 bridgehead atoms. The third kappa shape index (κ3) is 3.55. The second-order valence-corrected chi connectivity index (χ2v) is 5.16. The first-order chi connectivity index (χ1) is 8.29. The van der Waals surface area contributed by atoms with Crippen molar-refractivity contribution < 1.29 is 0 Å². The highest BCUT2D eigenvalue weighted by atomic mass is 15.2. The Morgan fingerprint density at radius 3 is 2.71 bits per heavy atom. The molecule has 1 aliphatic heterocycles. The topological polar surface area (TPSA) is 29.3 Å². The molecule has 1 fully saturated rings. The molecule has 1 atom stereocenters. The van der Waals surface area contributed by atoms with Gasteiger partial charge in [0.05, 0.1) is 0 Å². The number of hydrogen-bond donors (Lipinski definition) is 1. The number of piperidine rings is 1. The van der Waals surface area contributed by atoms with Gasteiger partial charge in [-0.2, -0.15) is 0 Å². The summed E-state index contributed by atoms with van der Waals surface area (Å²) in [6.07, 6.45) is 5.12. The third-order valence-electron chi connectivity index (χ3n) is 3.83. The lowest BCUT2D eigenvalue weighted by molar-refractivity contribution is 0.155. The van der Waals surface area contributed by atoms with Crippen molar-refractivity contribution in [3.8, 4) is 0 Å². The standard InChI is InChI=1S/C15H24N2/c1-13-5-7-14(8-6-13)9-11-17-10-3-2-4-15(17)12-16/h5-8,15H,2-4,9-12,16H2,1H3/t15-/m1/s1. The van der Waals surface area contributed by atoms with Gasteiger partial charge in [0, 0.05) is 19.1 Å². The first-order valence-electron chi connectivity index (χ1n) is 6.79. The highest BCUT2D eigenvalue weighted by molar-refractivity contribution is 5.21. The van der Waals surface area contributed by atoms with E-state index < -0.39 is 0 Å². The van der Waals surface area contributed by atoms with E-state index in [1.807, 2.05) is 0 Å². The lowest BCUT2D eigenvalue weighted by Crippen LogP contribution is -2.44. The van der Waals surface area contributed by atoms with E-state index in [9.17, 15) is 0 Å². The highest BCUT2D eigenvalue weighted by Crippen LogP contribution is 2.16. The van der Waals surface area contributed by atoms with Crippen LogP contribution >= 0.6 is 0 Å². The number of rotatable bonds is 4. The second kappa shape index (κ2) is 6.18. The van der Waals surface area contributed by atoms with Gasteiger partial charge in [0.1, 0.15) is 0 Å². The maximum atomic E-state index is 5.84. The average molecular weight is 232 g/mol. The second-order valence-electron chi connectivity index (χ2n) is 5.16. The Labute approximate surface area is 105 Å². The molecule has 0 unspecified atom stereocenters. The van der Waals surface area contributed by atoms with Crippen LogP contribution in [0.15, 0.2) is 24.3 Å². The van der Waals surface area contributed by atoms with E-state index in [0.717, 1.165) is 19.5 Å². The summed E-state index contributed by atoms with van der Waals surface area (Å²) in [6, 6.07) is 9.51. The molecule has 1 aliphatic rings. The Balaban J connectivity index is 1.86. The number of nitrogens with two attached hydrogens (primary N) is 1. The molecular formula is C15H24N2. The SMILES string of the molecule is Cc1ccc(CCN2CCCC[C@@H]2CN)cc1. The fourth-order valence-corrected chi connectivity index (χ4v) is 2.65.